The molecule has 0 heterocycles. The summed E-state index contributed by atoms with van der Waals surface area (Å²) < 4.78 is 0. The first kappa shape index (κ1) is 94.0. The summed E-state index contributed by atoms with van der Waals surface area (Å²) in [6.07, 6.45) is 6.20. The van der Waals surface area contributed by atoms with E-state index in [4.69, 9.17) is 5.73 Å². The molecule has 0 aromatic carbocycles. The zero-order valence-electron chi connectivity index (χ0n) is 58.3. The second kappa shape index (κ2) is 70.2. The summed E-state index contributed by atoms with van der Waals surface area (Å²) in [6.45, 7) is 16.0. The average Bonchev–Trinajstić information content (AvgIpc) is 3.64. The molecule has 0 saturated heterocycles. The summed E-state index contributed by atoms with van der Waals surface area (Å²) in [5.41, 5.74) is 5.46. The van der Waals surface area contributed by atoms with Gasteiger partial charge in [-0.1, -0.05) is 6.92 Å². The minimum absolute atomic E-state index is 0.00182. The third-order valence-electron chi connectivity index (χ3n) is 13.4. The molecule has 33 heteroatoms. The Morgan fingerprint density at radius 3 is 0.587 bits per heavy atom. The summed E-state index contributed by atoms with van der Waals surface area (Å²) in [6, 6.07) is 0. The lowest BCUT2D eigenvalue weighted by molar-refractivity contribution is -0.122. The molecule has 0 aliphatic carbocycles. The molecule has 18 N–H and O–H groups in total. The van der Waals surface area contributed by atoms with Crippen molar-refractivity contribution in [2.24, 2.45) is 5.73 Å². The molecule has 0 aliphatic rings. The van der Waals surface area contributed by atoms with Crippen molar-refractivity contribution >= 4 is 70.9 Å². The molecule has 0 atom stereocenters. The minimum Gasteiger partial charge on any atom is -0.359 e. The lowest BCUT2D eigenvalue weighted by atomic mass is 10.2. The predicted octanol–water partition coefficient (Wildman–Crippen LogP) is -6.50. The van der Waals surface area contributed by atoms with Gasteiger partial charge in [-0.25, -0.2) is 0 Å². The van der Waals surface area contributed by atoms with Crippen LogP contribution >= 0.6 is 0 Å². The van der Waals surface area contributed by atoms with E-state index in [0.717, 1.165) is 39.1 Å². The molecule has 0 aromatic rings. The van der Waals surface area contributed by atoms with Crippen LogP contribution in [0.2, 0.25) is 0 Å². The molecule has 0 saturated carbocycles. The summed E-state index contributed by atoms with van der Waals surface area (Å²) in [7, 11) is 19.3. The Bertz CT molecular complexity index is 1820. The van der Waals surface area contributed by atoms with Crippen LogP contribution in [0.15, 0.2) is 0 Å². The van der Waals surface area contributed by atoms with E-state index >= 15 is 0 Å². The van der Waals surface area contributed by atoms with Gasteiger partial charge in [-0.05, 0) is 13.0 Å². The second-order valence-corrected chi connectivity index (χ2v) is 20.2. The van der Waals surface area contributed by atoms with Gasteiger partial charge in [-0.2, -0.15) is 0 Å². The summed E-state index contributed by atoms with van der Waals surface area (Å²) in [5, 5.41) is 43.5. The van der Waals surface area contributed by atoms with Crippen LogP contribution in [-0.2, 0) is 57.5 Å². The molecule has 0 aromatic heterocycles. The van der Waals surface area contributed by atoms with Gasteiger partial charge in [-0.15, -0.1) is 0 Å². The fourth-order valence-corrected chi connectivity index (χ4v) is 7.28. The number of carbonyl (C=O) groups is 12. The smallest absolute Gasteiger partial charge is 0.221 e. The Morgan fingerprint density at radius 1 is 0.217 bits per heavy atom. The van der Waals surface area contributed by atoms with Crippen molar-refractivity contribution in [3.8, 4) is 0 Å². The normalized spacial score (nSPS) is 10.2. The molecular weight excluding hydrogens is 1190 g/mol. The first-order valence-electron chi connectivity index (χ1n) is 31.9. The average molecular weight is 1320 g/mol. The van der Waals surface area contributed by atoms with E-state index in [-0.39, 0.29) is 70.9 Å². The Labute approximate surface area is 549 Å². The van der Waals surface area contributed by atoms with E-state index in [1.54, 1.807) is 84.6 Å². The number of carbonyl (C=O) groups excluding carboxylic acids is 12. The minimum atomic E-state index is -0.0546. The zero-order chi connectivity index (χ0) is 70.6. The number of nitrogens with two attached hydrogens (primary N) is 1. The van der Waals surface area contributed by atoms with E-state index in [1.807, 2.05) is 4.90 Å². The highest BCUT2D eigenvalue weighted by atomic mass is 16.2. The molecular formula is C59H125N21O12. The predicted molar refractivity (Wildman–Crippen MR) is 361 cm³/mol. The van der Waals surface area contributed by atoms with E-state index in [2.05, 4.69) is 107 Å². The van der Waals surface area contributed by atoms with Crippen molar-refractivity contribution in [1.29, 1.82) is 0 Å². The van der Waals surface area contributed by atoms with Gasteiger partial charge in [-0.3, -0.25) is 57.5 Å². The van der Waals surface area contributed by atoms with Gasteiger partial charge >= 0.3 is 0 Å². The molecule has 0 spiro atoms. The van der Waals surface area contributed by atoms with E-state index in [0.29, 0.717) is 182 Å². The van der Waals surface area contributed by atoms with Crippen LogP contribution in [0.4, 0.5) is 0 Å². The highest BCUT2D eigenvalue weighted by Crippen LogP contribution is 2.01. The monoisotopic (exact) mass is 1320 g/mol. The third kappa shape index (κ3) is 69.2. The van der Waals surface area contributed by atoms with E-state index in [1.165, 1.54) is 0 Å². The van der Waals surface area contributed by atoms with Crippen LogP contribution in [0.3, 0.4) is 0 Å². The molecule has 0 radical (unpaired) electrons. The lowest BCUT2D eigenvalue weighted by Gasteiger charge is -2.27. The summed E-state index contributed by atoms with van der Waals surface area (Å²) in [4.78, 5) is 143. The number of nitrogens with one attached hydrogen (secondary N) is 16. The zero-order valence-corrected chi connectivity index (χ0v) is 58.3. The summed E-state index contributed by atoms with van der Waals surface area (Å²) in [5.74, 6) is -0.0598. The molecule has 0 bridgehead atoms. The van der Waals surface area contributed by atoms with Crippen LogP contribution < -0.4 is 90.8 Å². The maximum atomic E-state index is 11.6. The van der Waals surface area contributed by atoms with Gasteiger partial charge < -0.3 is 110 Å². The van der Waals surface area contributed by atoms with Crippen molar-refractivity contribution in [3.63, 3.8) is 0 Å². The second-order valence-electron chi connectivity index (χ2n) is 20.2. The van der Waals surface area contributed by atoms with Crippen molar-refractivity contribution in [2.45, 2.75) is 90.4 Å². The molecule has 0 fully saturated rings. The maximum absolute atomic E-state index is 11.6. The molecule has 0 unspecified atom stereocenters. The Balaban J connectivity index is -0.000000356. The van der Waals surface area contributed by atoms with Gasteiger partial charge in [0.05, 0.1) is 0 Å². The van der Waals surface area contributed by atoms with E-state index < -0.39 is 0 Å². The van der Waals surface area contributed by atoms with Gasteiger partial charge in [0, 0.05) is 293 Å². The van der Waals surface area contributed by atoms with Crippen LogP contribution in [0.25, 0.3) is 0 Å². The van der Waals surface area contributed by atoms with Crippen LogP contribution in [0.1, 0.15) is 90.4 Å². The first-order chi connectivity index (χ1) is 44.0. The molecule has 538 valence electrons. The largest absolute Gasteiger partial charge is 0.359 e. The SMILES string of the molecule is CCCNCCC(=O)NC.CNC(=O)CCN(CCC(=O)NC)CCN(CCC(=O)NC)CCC(=O)NC.CNC(=O)CCN(CCN)CCC(=O)NC.CNC(=O)CCNCCN(CCC(=O)NC)CCC(=O)NC.CNC(=O)CCNCCNCCC(=O)NC. The maximum Gasteiger partial charge on any atom is 0.221 e. The number of amides is 12. The molecule has 0 aliphatic heterocycles. The number of nitrogens with zero attached hydrogens (tertiary/aromatic N) is 4. The van der Waals surface area contributed by atoms with Crippen molar-refractivity contribution in [2.75, 3.05) is 222 Å². The van der Waals surface area contributed by atoms with Crippen LogP contribution in [-0.4, -0.2) is 312 Å². The van der Waals surface area contributed by atoms with Gasteiger partial charge in [0.2, 0.25) is 70.9 Å². The Hall–Kier alpha value is -6.72. The van der Waals surface area contributed by atoms with Gasteiger partial charge in [0.15, 0.2) is 0 Å². The number of hydrogen-bond acceptors (Lipinski definition) is 21. The standard InChI is InChI=1S/C18H36N6O4.C14H29N5O3.2C10H22N4O2.C7H16N2O/c1-19-15(25)5-9-23(10-6-16(26)20-2)13-14-24(11-7-17(27)21-3)12-8-18(28)22-4;1-15-12(20)4-7-18-8-11-19(9-5-13(21)16-2)10-6-14(22)17-3;1-12-9(15)3-6-14(8-5-11)7-4-10(16)13-2;1-11-9(15)3-5-13-7-8-14-6-4-10(16)12-2;1-3-5-9-6-4-7(10)8-2/h5-14H2,1-4H3,(H,19,25)(H,20,26)(H,21,27)(H,22,28);18H,4-11H2,1-3H3,(H,15,20)(H,16,21)(H,17,22);3-8,11H2,1-2H3,(H,12,15)(H,13,16);13-14H,3-8H2,1-2H3,(H,11,15)(H,12,16);9H,3-6H2,1-2H3,(H,8,10). The van der Waals surface area contributed by atoms with Crippen LogP contribution in [0.5, 0.6) is 0 Å². The fourth-order valence-electron chi connectivity index (χ4n) is 7.28. The molecule has 0 rings (SSSR count). The highest BCUT2D eigenvalue weighted by Gasteiger charge is 2.16. The van der Waals surface area contributed by atoms with Crippen molar-refractivity contribution < 1.29 is 57.5 Å². The van der Waals surface area contributed by atoms with Crippen molar-refractivity contribution in [3.05, 3.63) is 0 Å². The molecule has 92 heavy (non-hydrogen) atoms. The number of hydrogen-bond donors (Lipinski definition) is 17. The quantitative estimate of drug-likeness (QED) is 0.0252. The van der Waals surface area contributed by atoms with Gasteiger partial charge in [0.1, 0.15) is 0 Å². The van der Waals surface area contributed by atoms with Crippen molar-refractivity contribution in [1.82, 2.24) is 105 Å². The lowest BCUT2D eigenvalue weighted by Crippen LogP contribution is -2.40. The van der Waals surface area contributed by atoms with Crippen LogP contribution in [0, 0.1) is 0 Å². The van der Waals surface area contributed by atoms with Gasteiger partial charge in [0.25, 0.3) is 0 Å². The third-order valence-corrected chi connectivity index (χ3v) is 13.4. The topological polar surface area (TPSA) is 436 Å². The summed E-state index contributed by atoms with van der Waals surface area (Å²) >= 11 is 0. The fraction of sp³-hybridized carbons (Fsp3) is 0.797. The first-order valence-corrected chi connectivity index (χ1v) is 31.9. The molecule has 12 amide bonds. The Morgan fingerprint density at radius 2 is 0.391 bits per heavy atom. The number of rotatable bonds is 49. The van der Waals surface area contributed by atoms with E-state index in [9.17, 15) is 57.5 Å². The Kier molecular flexibility index (Phi) is 71.7. The highest BCUT2D eigenvalue weighted by molar-refractivity contribution is 5.79. The molecule has 33 nitrogen and oxygen atoms in total.